The summed E-state index contributed by atoms with van der Waals surface area (Å²) in [6.07, 6.45) is 3.25. The van der Waals surface area contributed by atoms with Crippen LogP contribution in [0, 0.1) is 0 Å². The van der Waals surface area contributed by atoms with Crippen molar-refractivity contribution in [2.45, 2.75) is 19.8 Å². The molecule has 4 aromatic rings. The zero-order chi connectivity index (χ0) is 23.4. The van der Waals surface area contributed by atoms with E-state index in [0.29, 0.717) is 44.4 Å². The molecule has 0 unspecified atom stereocenters. The second-order valence-corrected chi connectivity index (χ2v) is 7.88. The highest BCUT2D eigenvalue weighted by Crippen LogP contribution is 2.30. The van der Waals surface area contributed by atoms with Crippen molar-refractivity contribution in [1.82, 2.24) is 15.0 Å². The van der Waals surface area contributed by atoms with Crippen molar-refractivity contribution in [3.05, 3.63) is 77.2 Å². The summed E-state index contributed by atoms with van der Waals surface area (Å²) in [5.41, 5.74) is 2.51. The van der Waals surface area contributed by atoms with Crippen molar-refractivity contribution in [3.63, 3.8) is 0 Å². The Hall–Kier alpha value is -4.04. The number of amides is 1. The number of carbonyl (C=O) groups excluding carboxylic acids is 3. The Balaban J connectivity index is 1.64. The second kappa shape index (κ2) is 9.62. The van der Waals surface area contributed by atoms with Crippen molar-refractivity contribution in [1.29, 1.82) is 0 Å². The second-order valence-electron chi connectivity index (χ2n) is 7.45. The highest BCUT2D eigenvalue weighted by Gasteiger charge is 2.19. The van der Waals surface area contributed by atoms with Crippen molar-refractivity contribution < 1.29 is 14.4 Å². The molecule has 33 heavy (non-hydrogen) atoms. The van der Waals surface area contributed by atoms with Gasteiger partial charge in [-0.1, -0.05) is 41.9 Å². The highest BCUT2D eigenvalue weighted by atomic mass is 35.5. The van der Waals surface area contributed by atoms with Crippen LogP contribution in [0.2, 0.25) is 5.02 Å². The molecule has 0 atom stereocenters. The molecule has 9 heteroatoms. The fourth-order valence-corrected chi connectivity index (χ4v) is 3.60. The maximum Gasteiger partial charge on any atom is 0.224 e. The number of anilines is 3. The van der Waals surface area contributed by atoms with E-state index in [-0.39, 0.29) is 30.3 Å². The summed E-state index contributed by atoms with van der Waals surface area (Å²) in [4.78, 5) is 47.8. The standard InChI is InChI=1S/C24H20ClN5O3/c1-14(31)7-8-20(32)29-17-9-16(25)10-18(11-17)30-24-21-19(12-26-23(21)27-13-28-24)22(33)15-5-3-2-4-6-15/h2-6,9-13H,7-8H2,1H3,(H,29,32)(H2,26,27,28,30). The average molecular weight is 462 g/mol. The normalized spacial score (nSPS) is 10.7. The first-order valence-corrected chi connectivity index (χ1v) is 10.6. The number of Topliss-reactive ketones (excluding diaryl/α,β-unsaturated/α-hetero) is 1. The smallest absolute Gasteiger partial charge is 0.224 e. The van der Waals surface area contributed by atoms with E-state index in [1.165, 1.54) is 13.3 Å². The Kier molecular flexibility index (Phi) is 6.46. The number of nitrogens with zero attached hydrogens (tertiary/aromatic N) is 2. The first-order chi connectivity index (χ1) is 15.9. The van der Waals surface area contributed by atoms with Gasteiger partial charge in [0.15, 0.2) is 5.78 Å². The van der Waals surface area contributed by atoms with E-state index in [1.54, 1.807) is 48.7 Å². The molecule has 0 aliphatic carbocycles. The number of aromatic amines is 1. The summed E-state index contributed by atoms with van der Waals surface area (Å²) >= 11 is 6.25. The molecule has 3 N–H and O–H groups in total. The molecule has 0 saturated heterocycles. The molecule has 2 aromatic carbocycles. The van der Waals surface area contributed by atoms with Crippen LogP contribution in [0.3, 0.4) is 0 Å². The lowest BCUT2D eigenvalue weighted by atomic mass is 10.0. The fourth-order valence-electron chi connectivity index (χ4n) is 3.37. The maximum atomic E-state index is 13.1. The molecule has 4 rings (SSSR count). The molecule has 0 aliphatic heterocycles. The Morgan fingerprint density at radius 2 is 1.76 bits per heavy atom. The molecule has 0 bridgehead atoms. The third-order valence-corrected chi connectivity index (χ3v) is 5.12. The van der Waals surface area contributed by atoms with Gasteiger partial charge in [-0.05, 0) is 25.1 Å². The topological polar surface area (TPSA) is 117 Å². The summed E-state index contributed by atoms with van der Waals surface area (Å²) in [5, 5.41) is 6.84. The van der Waals surface area contributed by atoms with Crippen LogP contribution in [0.4, 0.5) is 17.2 Å². The van der Waals surface area contributed by atoms with Crippen molar-refractivity contribution in [3.8, 4) is 0 Å². The van der Waals surface area contributed by atoms with Gasteiger partial charge in [-0.3, -0.25) is 9.59 Å². The minimum absolute atomic E-state index is 0.0567. The number of hydrogen-bond acceptors (Lipinski definition) is 6. The number of H-pyrrole nitrogens is 1. The maximum absolute atomic E-state index is 13.1. The zero-order valence-corrected chi connectivity index (χ0v) is 18.4. The van der Waals surface area contributed by atoms with Gasteiger partial charge in [0, 0.05) is 41.0 Å². The van der Waals surface area contributed by atoms with E-state index in [2.05, 4.69) is 25.6 Å². The summed E-state index contributed by atoms with van der Waals surface area (Å²) in [7, 11) is 0. The molecule has 0 fully saturated rings. The van der Waals surface area contributed by atoms with Gasteiger partial charge >= 0.3 is 0 Å². The van der Waals surface area contributed by atoms with Crippen molar-refractivity contribution in [2.75, 3.05) is 10.6 Å². The number of rotatable bonds is 8. The lowest BCUT2D eigenvalue weighted by molar-refractivity contribution is -0.121. The third kappa shape index (κ3) is 5.24. The van der Waals surface area contributed by atoms with Gasteiger partial charge in [-0.2, -0.15) is 0 Å². The van der Waals surface area contributed by atoms with Crippen LogP contribution in [0.15, 0.2) is 61.1 Å². The van der Waals surface area contributed by atoms with Gasteiger partial charge in [-0.15, -0.1) is 0 Å². The number of hydrogen-bond donors (Lipinski definition) is 3. The monoisotopic (exact) mass is 461 g/mol. The number of fused-ring (bicyclic) bond motifs is 1. The van der Waals surface area contributed by atoms with Crippen LogP contribution >= 0.6 is 11.6 Å². The highest BCUT2D eigenvalue weighted by molar-refractivity contribution is 6.31. The first-order valence-electron chi connectivity index (χ1n) is 10.2. The van der Waals surface area contributed by atoms with Crippen molar-refractivity contribution >= 4 is 57.3 Å². The molecule has 0 saturated carbocycles. The van der Waals surface area contributed by atoms with Gasteiger partial charge in [0.25, 0.3) is 0 Å². The minimum Gasteiger partial charge on any atom is -0.345 e. The first kappa shape index (κ1) is 22.2. The number of halogens is 1. The number of ketones is 2. The predicted molar refractivity (Wildman–Crippen MR) is 127 cm³/mol. The molecule has 2 heterocycles. The molecule has 0 radical (unpaired) electrons. The van der Waals surface area contributed by atoms with Crippen LogP contribution < -0.4 is 10.6 Å². The van der Waals surface area contributed by atoms with E-state index in [0.717, 1.165) is 0 Å². The molecular weight excluding hydrogens is 442 g/mol. The van der Waals surface area contributed by atoms with E-state index < -0.39 is 0 Å². The van der Waals surface area contributed by atoms with E-state index in [1.807, 2.05) is 6.07 Å². The van der Waals surface area contributed by atoms with Gasteiger partial charge in [-0.25, -0.2) is 9.97 Å². The number of carbonyl (C=O) groups is 3. The molecular formula is C24H20ClN5O3. The molecule has 0 spiro atoms. The molecule has 1 amide bonds. The Labute approximate surface area is 194 Å². The zero-order valence-electron chi connectivity index (χ0n) is 17.7. The Morgan fingerprint density at radius 1 is 1.00 bits per heavy atom. The van der Waals surface area contributed by atoms with Crippen LogP contribution in [0.1, 0.15) is 35.7 Å². The lowest BCUT2D eigenvalue weighted by Gasteiger charge is -2.11. The van der Waals surface area contributed by atoms with Crippen LogP contribution in [0.5, 0.6) is 0 Å². The number of aromatic nitrogens is 3. The van der Waals surface area contributed by atoms with Crippen LogP contribution in [0.25, 0.3) is 11.0 Å². The van der Waals surface area contributed by atoms with Crippen LogP contribution in [-0.4, -0.2) is 32.4 Å². The molecule has 0 aliphatic rings. The Morgan fingerprint density at radius 3 is 2.52 bits per heavy atom. The SMILES string of the molecule is CC(=O)CCC(=O)Nc1cc(Cl)cc(Nc2ncnc3[nH]cc(C(=O)c4ccccc4)c23)c1. The number of nitrogens with one attached hydrogen (secondary N) is 3. The quantitative estimate of drug-likeness (QED) is 0.321. The van der Waals surface area contributed by atoms with Gasteiger partial charge in [0.2, 0.25) is 5.91 Å². The summed E-state index contributed by atoms with van der Waals surface area (Å²) in [5.74, 6) is -0.0937. The van der Waals surface area contributed by atoms with Gasteiger partial charge in [0.1, 0.15) is 23.6 Å². The summed E-state index contributed by atoms with van der Waals surface area (Å²) in [6, 6.07) is 13.9. The molecule has 2 aromatic heterocycles. The van der Waals surface area contributed by atoms with E-state index >= 15 is 0 Å². The number of benzene rings is 2. The van der Waals surface area contributed by atoms with E-state index in [9.17, 15) is 14.4 Å². The largest absolute Gasteiger partial charge is 0.345 e. The minimum atomic E-state index is -0.288. The molecule has 8 nitrogen and oxygen atoms in total. The summed E-state index contributed by atoms with van der Waals surface area (Å²) in [6.45, 7) is 1.44. The van der Waals surface area contributed by atoms with Gasteiger partial charge < -0.3 is 20.4 Å². The molecule has 166 valence electrons. The Bertz CT molecular complexity index is 1350. The average Bonchev–Trinajstić information content (AvgIpc) is 3.23. The fraction of sp³-hybridized carbons (Fsp3) is 0.125. The predicted octanol–water partition coefficient (Wildman–Crippen LogP) is 4.89. The lowest BCUT2D eigenvalue weighted by Crippen LogP contribution is -2.12. The van der Waals surface area contributed by atoms with Crippen LogP contribution in [-0.2, 0) is 9.59 Å². The van der Waals surface area contributed by atoms with Crippen molar-refractivity contribution in [2.24, 2.45) is 0 Å². The third-order valence-electron chi connectivity index (χ3n) is 4.90. The summed E-state index contributed by atoms with van der Waals surface area (Å²) < 4.78 is 0. The van der Waals surface area contributed by atoms with Gasteiger partial charge in [0.05, 0.1) is 10.9 Å². The van der Waals surface area contributed by atoms with E-state index in [4.69, 9.17) is 11.6 Å².